The zero-order chi connectivity index (χ0) is 20.5. The Labute approximate surface area is 172 Å². The molecule has 2 saturated heterocycles. The first-order chi connectivity index (χ1) is 13.2. The molecular formula is C19H25ClF3N3OS. The smallest absolute Gasteiger partial charge is 0.325 e. The van der Waals surface area contributed by atoms with Gasteiger partial charge in [-0.3, -0.25) is 14.6 Å². The second-order valence-corrected chi connectivity index (χ2v) is 8.88. The van der Waals surface area contributed by atoms with E-state index in [0.717, 1.165) is 38.3 Å². The lowest BCUT2D eigenvalue weighted by atomic mass is 10.2. The molecule has 4 nitrogen and oxygen atoms in total. The number of hydrogen-bond donors (Lipinski definition) is 1. The molecule has 28 heavy (non-hydrogen) atoms. The number of halogens is 4. The SMILES string of the molecule is CS[C@@H]1CN([C@@H](C)C(=O)Nc2ccc(Cl)c(C(F)(F)F)c2)C[C@H]1N1CCCC1. The van der Waals surface area contributed by atoms with Gasteiger partial charge in [-0.1, -0.05) is 11.6 Å². The van der Waals surface area contributed by atoms with Gasteiger partial charge in [-0.05, 0) is 57.3 Å². The molecule has 9 heteroatoms. The molecule has 0 unspecified atom stereocenters. The van der Waals surface area contributed by atoms with Crippen molar-refractivity contribution >= 4 is 35.0 Å². The molecule has 1 aromatic rings. The van der Waals surface area contributed by atoms with E-state index in [-0.39, 0.29) is 16.6 Å². The summed E-state index contributed by atoms with van der Waals surface area (Å²) in [4.78, 5) is 17.3. The normalized spacial score (nSPS) is 25.2. The van der Waals surface area contributed by atoms with Crippen LogP contribution in [0.2, 0.25) is 5.02 Å². The minimum atomic E-state index is -4.56. The summed E-state index contributed by atoms with van der Waals surface area (Å²) in [5.41, 5.74) is -0.845. The van der Waals surface area contributed by atoms with Crippen LogP contribution in [0, 0.1) is 0 Å². The van der Waals surface area contributed by atoms with Gasteiger partial charge in [0.25, 0.3) is 0 Å². The van der Waals surface area contributed by atoms with Gasteiger partial charge in [-0.15, -0.1) is 0 Å². The van der Waals surface area contributed by atoms with Crippen LogP contribution in [0.15, 0.2) is 18.2 Å². The van der Waals surface area contributed by atoms with Crippen molar-refractivity contribution in [2.75, 3.05) is 37.8 Å². The number of hydrogen-bond acceptors (Lipinski definition) is 4. The molecule has 156 valence electrons. The van der Waals surface area contributed by atoms with E-state index in [0.29, 0.717) is 11.3 Å². The van der Waals surface area contributed by atoms with Gasteiger partial charge in [0.05, 0.1) is 16.6 Å². The highest BCUT2D eigenvalue weighted by Crippen LogP contribution is 2.36. The fourth-order valence-corrected chi connectivity index (χ4v) is 5.13. The van der Waals surface area contributed by atoms with Crippen LogP contribution in [0.5, 0.6) is 0 Å². The maximum atomic E-state index is 13.0. The number of likely N-dealkylation sites (tertiary alicyclic amines) is 2. The zero-order valence-corrected chi connectivity index (χ0v) is 17.5. The molecule has 2 aliphatic heterocycles. The lowest BCUT2D eigenvalue weighted by molar-refractivity contribution is -0.137. The number of anilines is 1. The Morgan fingerprint density at radius 2 is 1.96 bits per heavy atom. The molecule has 0 radical (unpaired) electrons. The van der Waals surface area contributed by atoms with Gasteiger partial charge in [-0.25, -0.2) is 0 Å². The minimum absolute atomic E-state index is 0.102. The van der Waals surface area contributed by atoms with Crippen molar-refractivity contribution < 1.29 is 18.0 Å². The fraction of sp³-hybridized carbons (Fsp3) is 0.632. The molecule has 1 N–H and O–H groups in total. The van der Waals surface area contributed by atoms with Gasteiger partial charge in [0, 0.05) is 30.1 Å². The van der Waals surface area contributed by atoms with E-state index >= 15 is 0 Å². The fourth-order valence-electron chi connectivity index (χ4n) is 3.99. The number of amides is 1. The highest BCUT2D eigenvalue weighted by molar-refractivity contribution is 7.99. The van der Waals surface area contributed by atoms with E-state index < -0.39 is 17.8 Å². The quantitative estimate of drug-likeness (QED) is 0.752. The summed E-state index contributed by atoms with van der Waals surface area (Å²) < 4.78 is 39.1. The lowest BCUT2D eigenvalue weighted by Gasteiger charge is -2.28. The van der Waals surface area contributed by atoms with E-state index in [2.05, 4.69) is 21.4 Å². The van der Waals surface area contributed by atoms with Gasteiger partial charge in [0.1, 0.15) is 0 Å². The molecule has 1 amide bonds. The number of benzene rings is 1. The van der Waals surface area contributed by atoms with Crippen molar-refractivity contribution in [3.63, 3.8) is 0 Å². The summed E-state index contributed by atoms with van der Waals surface area (Å²) in [6, 6.07) is 3.43. The van der Waals surface area contributed by atoms with Crippen LogP contribution in [0.3, 0.4) is 0 Å². The van der Waals surface area contributed by atoms with Crippen molar-refractivity contribution in [1.29, 1.82) is 0 Å². The van der Waals surface area contributed by atoms with Crippen LogP contribution in [0.1, 0.15) is 25.3 Å². The standard InChI is InChI=1S/C19H25ClF3N3OS/c1-12(26-10-16(17(11-26)28-2)25-7-3-4-8-25)18(27)24-13-5-6-15(20)14(9-13)19(21,22)23/h5-6,9,12,16-17H,3-4,7-8,10-11H2,1-2H3,(H,24,27)/t12-,16+,17+/m0/s1. The summed E-state index contributed by atoms with van der Waals surface area (Å²) in [6.45, 7) is 5.60. The molecule has 0 bridgehead atoms. The number of carbonyl (C=O) groups excluding carboxylic acids is 1. The Kier molecular flexibility index (Phi) is 6.84. The predicted octanol–water partition coefficient (Wildman–Crippen LogP) is 4.20. The second kappa shape index (κ2) is 8.81. The third kappa shape index (κ3) is 4.78. The van der Waals surface area contributed by atoms with Crippen LogP contribution in [0.25, 0.3) is 0 Å². The Bertz CT molecular complexity index is 712. The van der Waals surface area contributed by atoms with E-state index in [9.17, 15) is 18.0 Å². The molecule has 2 aliphatic rings. The van der Waals surface area contributed by atoms with E-state index in [1.807, 2.05) is 11.8 Å². The summed E-state index contributed by atoms with van der Waals surface area (Å²) >= 11 is 7.46. The molecule has 3 rings (SSSR count). The third-order valence-electron chi connectivity index (χ3n) is 5.64. The molecule has 0 aromatic heterocycles. The highest BCUT2D eigenvalue weighted by Gasteiger charge is 2.40. The number of nitrogens with one attached hydrogen (secondary N) is 1. The predicted molar refractivity (Wildman–Crippen MR) is 108 cm³/mol. The third-order valence-corrected chi connectivity index (χ3v) is 7.04. The second-order valence-electron chi connectivity index (χ2n) is 7.40. The Morgan fingerprint density at radius 3 is 2.57 bits per heavy atom. The molecule has 2 fully saturated rings. The molecule has 2 heterocycles. The summed E-state index contributed by atoms with van der Waals surface area (Å²) in [6.07, 6.45) is -0.0429. The largest absolute Gasteiger partial charge is 0.417 e. The monoisotopic (exact) mass is 435 g/mol. The molecule has 0 aliphatic carbocycles. The Morgan fingerprint density at radius 1 is 1.29 bits per heavy atom. The Balaban J connectivity index is 1.66. The van der Waals surface area contributed by atoms with Crippen molar-refractivity contribution in [3.8, 4) is 0 Å². The van der Waals surface area contributed by atoms with Gasteiger partial charge in [0.15, 0.2) is 0 Å². The van der Waals surface area contributed by atoms with Crippen LogP contribution in [-0.4, -0.2) is 65.5 Å². The molecule has 3 atom stereocenters. The van der Waals surface area contributed by atoms with Gasteiger partial charge in [0.2, 0.25) is 5.91 Å². The van der Waals surface area contributed by atoms with Crippen LogP contribution >= 0.6 is 23.4 Å². The molecule has 0 spiro atoms. The van der Waals surface area contributed by atoms with E-state index in [1.54, 1.807) is 6.92 Å². The summed E-state index contributed by atoms with van der Waals surface area (Å²) in [7, 11) is 0. The number of thioether (sulfide) groups is 1. The first-order valence-electron chi connectivity index (χ1n) is 9.39. The average molecular weight is 436 g/mol. The number of carbonyl (C=O) groups is 1. The molecule has 1 aromatic carbocycles. The lowest BCUT2D eigenvalue weighted by Crippen LogP contribution is -2.43. The first-order valence-corrected chi connectivity index (χ1v) is 11.1. The van der Waals surface area contributed by atoms with Crippen molar-refractivity contribution in [1.82, 2.24) is 9.80 Å². The maximum absolute atomic E-state index is 13.0. The van der Waals surface area contributed by atoms with Crippen LogP contribution < -0.4 is 5.32 Å². The minimum Gasteiger partial charge on any atom is -0.325 e. The summed E-state index contributed by atoms with van der Waals surface area (Å²) in [5.74, 6) is -0.308. The van der Waals surface area contributed by atoms with E-state index in [1.165, 1.54) is 18.9 Å². The number of rotatable bonds is 5. The van der Waals surface area contributed by atoms with Crippen molar-refractivity contribution in [2.45, 2.75) is 43.3 Å². The highest BCUT2D eigenvalue weighted by atomic mass is 35.5. The maximum Gasteiger partial charge on any atom is 0.417 e. The van der Waals surface area contributed by atoms with Gasteiger partial charge in [-0.2, -0.15) is 24.9 Å². The van der Waals surface area contributed by atoms with E-state index in [4.69, 9.17) is 11.6 Å². The molecular weight excluding hydrogens is 411 g/mol. The summed E-state index contributed by atoms with van der Waals surface area (Å²) in [5, 5.41) is 2.67. The van der Waals surface area contributed by atoms with Crippen molar-refractivity contribution in [3.05, 3.63) is 28.8 Å². The number of nitrogens with zero attached hydrogens (tertiary/aromatic N) is 2. The first kappa shape index (κ1) is 21.7. The number of alkyl halides is 3. The average Bonchev–Trinajstić information content (AvgIpc) is 3.30. The van der Waals surface area contributed by atoms with Crippen molar-refractivity contribution in [2.24, 2.45) is 0 Å². The van der Waals surface area contributed by atoms with Gasteiger partial charge < -0.3 is 5.32 Å². The van der Waals surface area contributed by atoms with Crippen LogP contribution in [-0.2, 0) is 11.0 Å². The zero-order valence-electron chi connectivity index (χ0n) is 15.9. The van der Waals surface area contributed by atoms with Gasteiger partial charge >= 0.3 is 6.18 Å². The Hall–Kier alpha value is -0.960. The topological polar surface area (TPSA) is 35.6 Å². The van der Waals surface area contributed by atoms with Crippen LogP contribution in [0.4, 0.5) is 18.9 Å². The molecule has 0 saturated carbocycles.